The van der Waals surface area contributed by atoms with Gasteiger partial charge in [0.1, 0.15) is 5.69 Å². The first-order valence-electron chi connectivity index (χ1n) is 8.35. The molecule has 0 aliphatic heterocycles. The number of carbonyl (C=O) groups excluding carboxylic acids is 3. The van der Waals surface area contributed by atoms with E-state index in [4.69, 9.17) is 5.73 Å². The van der Waals surface area contributed by atoms with Gasteiger partial charge in [-0.15, -0.1) is 0 Å². The lowest BCUT2D eigenvalue weighted by Gasteiger charge is -2.10. The van der Waals surface area contributed by atoms with Gasteiger partial charge in [0, 0.05) is 41.8 Å². The van der Waals surface area contributed by atoms with Crippen molar-refractivity contribution in [1.82, 2.24) is 15.3 Å². The van der Waals surface area contributed by atoms with Gasteiger partial charge in [0.05, 0.1) is 5.56 Å². The largest absolute Gasteiger partial charge is 0.454 e. The van der Waals surface area contributed by atoms with Crippen LogP contribution in [0.3, 0.4) is 0 Å². The Morgan fingerprint density at radius 3 is 2.55 bits per heavy atom. The SMILES string of the molecule is CNC(=O)c1cc(C(N)=O)cc(Cc2cccc3[nH]cc(C(=O)C(F)(F)F)c23)n1. The van der Waals surface area contributed by atoms with Gasteiger partial charge in [0.2, 0.25) is 5.91 Å². The minimum atomic E-state index is -5.03. The van der Waals surface area contributed by atoms with E-state index in [1.54, 1.807) is 12.1 Å². The number of amides is 2. The van der Waals surface area contributed by atoms with Crippen LogP contribution in [0, 0.1) is 0 Å². The van der Waals surface area contributed by atoms with Crippen LogP contribution in [0.5, 0.6) is 0 Å². The number of carbonyl (C=O) groups is 3. The maximum absolute atomic E-state index is 12.9. The number of nitrogens with two attached hydrogens (primary N) is 1. The molecule has 0 aliphatic carbocycles. The molecule has 0 fully saturated rings. The zero-order valence-electron chi connectivity index (χ0n) is 15.1. The summed E-state index contributed by atoms with van der Waals surface area (Å²) in [6.45, 7) is 0. The van der Waals surface area contributed by atoms with Crippen LogP contribution < -0.4 is 11.1 Å². The predicted molar refractivity (Wildman–Crippen MR) is 97.6 cm³/mol. The summed E-state index contributed by atoms with van der Waals surface area (Å²) in [5, 5.41) is 2.48. The van der Waals surface area contributed by atoms with E-state index in [1.165, 1.54) is 25.2 Å². The van der Waals surface area contributed by atoms with Crippen LogP contribution in [0.2, 0.25) is 0 Å². The van der Waals surface area contributed by atoms with Gasteiger partial charge in [0.25, 0.3) is 11.7 Å². The standard InChI is InChI=1S/C19H15F3N4O3/c1-24-18(29)14-7-10(17(23)28)6-11(26-14)5-9-3-2-4-13-15(9)12(8-25-13)16(27)19(20,21)22/h2-4,6-8,25H,5H2,1H3,(H2,23,28)(H,24,29). The van der Waals surface area contributed by atoms with E-state index in [1.807, 2.05) is 0 Å². The molecule has 0 saturated heterocycles. The van der Waals surface area contributed by atoms with E-state index in [9.17, 15) is 27.6 Å². The van der Waals surface area contributed by atoms with E-state index in [-0.39, 0.29) is 28.8 Å². The minimum Gasteiger partial charge on any atom is -0.366 e. The Morgan fingerprint density at radius 1 is 1.21 bits per heavy atom. The van der Waals surface area contributed by atoms with Crippen molar-refractivity contribution >= 4 is 28.5 Å². The molecule has 10 heteroatoms. The average molecular weight is 404 g/mol. The Labute approximate surface area is 162 Å². The van der Waals surface area contributed by atoms with Crippen molar-refractivity contribution in [3.63, 3.8) is 0 Å². The van der Waals surface area contributed by atoms with Crippen LogP contribution in [-0.4, -0.2) is 40.8 Å². The highest BCUT2D eigenvalue weighted by atomic mass is 19.4. The third-order valence-corrected chi connectivity index (χ3v) is 4.29. The average Bonchev–Trinajstić information content (AvgIpc) is 3.10. The predicted octanol–water partition coefficient (Wildman–Crippen LogP) is 2.36. The number of fused-ring (bicyclic) bond motifs is 1. The number of rotatable bonds is 5. The van der Waals surface area contributed by atoms with Gasteiger partial charge >= 0.3 is 6.18 Å². The van der Waals surface area contributed by atoms with Gasteiger partial charge in [-0.2, -0.15) is 13.2 Å². The molecule has 0 unspecified atom stereocenters. The second-order valence-electron chi connectivity index (χ2n) is 6.22. The van der Waals surface area contributed by atoms with E-state index in [0.29, 0.717) is 11.1 Å². The maximum atomic E-state index is 12.9. The van der Waals surface area contributed by atoms with E-state index in [2.05, 4.69) is 15.3 Å². The van der Waals surface area contributed by atoms with Crippen molar-refractivity contribution in [3.8, 4) is 0 Å². The van der Waals surface area contributed by atoms with Gasteiger partial charge in [0.15, 0.2) is 0 Å². The van der Waals surface area contributed by atoms with E-state index < -0.39 is 29.3 Å². The Hall–Kier alpha value is -3.69. The first kappa shape index (κ1) is 20.1. The molecule has 2 heterocycles. The van der Waals surface area contributed by atoms with Crippen LogP contribution in [0.15, 0.2) is 36.5 Å². The molecule has 3 rings (SSSR count). The van der Waals surface area contributed by atoms with Gasteiger partial charge in [-0.1, -0.05) is 12.1 Å². The highest BCUT2D eigenvalue weighted by Gasteiger charge is 2.40. The third kappa shape index (κ3) is 3.96. The molecule has 4 N–H and O–H groups in total. The summed E-state index contributed by atoms with van der Waals surface area (Å²) in [5.41, 5.74) is 5.70. The number of nitrogens with one attached hydrogen (secondary N) is 2. The highest BCUT2D eigenvalue weighted by molar-refractivity contribution is 6.11. The first-order chi connectivity index (χ1) is 13.6. The number of ketones is 1. The lowest BCUT2D eigenvalue weighted by molar-refractivity contribution is -0.0884. The summed E-state index contributed by atoms with van der Waals surface area (Å²) in [4.78, 5) is 42.1. The minimum absolute atomic E-state index is 0.0291. The van der Waals surface area contributed by atoms with Crippen LogP contribution >= 0.6 is 0 Å². The van der Waals surface area contributed by atoms with Gasteiger partial charge in [-0.3, -0.25) is 14.4 Å². The molecule has 0 bridgehead atoms. The number of hydrogen-bond acceptors (Lipinski definition) is 4. The fraction of sp³-hybridized carbons (Fsp3) is 0.158. The number of hydrogen-bond donors (Lipinski definition) is 3. The number of Topliss-reactive ketones (excluding diaryl/α,β-unsaturated/α-hetero) is 1. The second-order valence-corrected chi connectivity index (χ2v) is 6.22. The summed E-state index contributed by atoms with van der Waals surface area (Å²) >= 11 is 0. The molecule has 0 radical (unpaired) electrons. The van der Waals surface area contributed by atoms with Crippen molar-refractivity contribution in [2.24, 2.45) is 5.73 Å². The second kappa shape index (κ2) is 7.38. The Kier molecular flexibility index (Phi) is 5.10. The maximum Gasteiger partial charge on any atom is 0.454 e. The Bertz CT molecular complexity index is 1140. The molecule has 0 aliphatic rings. The lowest BCUT2D eigenvalue weighted by atomic mass is 9.99. The molecular weight excluding hydrogens is 389 g/mol. The number of benzene rings is 1. The zero-order chi connectivity index (χ0) is 21.3. The normalized spacial score (nSPS) is 11.4. The highest BCUT2D eigenvalue weighted by Crippen LogP contribution is 2.30. The summed E-state index contributed by atoms with van der Waals surface area (Å²) in [5.74, 6) is -3.31. The molecular formula is C19H15F3N4O3. The number of nitrogens with zero attached hydrogens (tertiary/aromatic N) is 1. The number of aromatic amines is 1. The molecule has 0 spiro atoms. The van der Waals surface area contributed by atoms with Crippen molar-refractivity contribution in [1.29, 1.82) is 0 Å². The number of halogens is 3. The molecule has 3 aromatic rings. The van der Waals surface area contributed by atoms with Crippen molar-refractivity contribution < 1.29 is 27.6 Å². The van der Waals surface area contributed by atoms with Crippen molar-refractivity contribution in [2.45, 2.75) is 12.6 Å². The summed E-state index contributed by atoms with van der Waals surface area (Å²) in [7, 11) is 1.39. The van der Waals surface area contributed by atoms with E-state index in [0.717, 1.165) is 6.20 Å². The van der Waals surface area contributed by atoms with Crippen LogP contribution in [-0.2, 0) is 6.42 Å². The fourth-order valence-electron chi connectivity index (χ4n) is 3.00. The van der Waals surface area contributed by atoms with Gasteiger partial charge < -0.3 is 16.0 Å². The number of pyridine rings is 1. The molecule has 150 valence electrons. The number of aromatic nitrogens is 2. The number of H-pyrrole nitrogens is 1. The molecule has 1 aromatic carbocycles. The topological polar surface area (TPSA) is 118 Å². The fourth-order valence-corrected chi connectivity index (χ4v) is 3.00. The summed E-state index contributed by atoms with van der Waals surface area (Å²) in [6.07, 6.45) is -4.05. The zero-order valence-corrected chi connectivity index (χ0v) is 15.1. The van der Waals surface area contributed by atoms with Gasteiger partial charge in [-0.25, -0.2) is 4.98 Å². The van der Waals surface area contributed by atoms with Gasteiger partial charge in [-0.05, 0) is 23.8 Å². The van der Waals surface area contributed by atoms with Crippen molar-refractivity contribution in [2.75, 3.05) is 7.05 Å². The van der Waals surface area contributed by atoms with Crippen molar-refractivity contribution in [3.05, 3.63) is 64.6 Å². The Morgan fingerprint density at radius 2 is 1.93 bits per heavy atom. The molecule has 2 aromatic heterocycles. The molecule has 29 heavy (non-hydrogen) atoms. The summed E-state index contributed by atoms with van der Waals surface area (Å²) < 4.78 is 38.8. The molecule has 2 amide bonds. The lowest BCUT2D eigenvalue weighted by Crippen LogP contribution is -2.22. The number of alkyl halides is 3. The quantitative estimate of drug-likeness (QED) is 0.566. The smallest absolute Gasteiger partial charge is 0.366 e. The van der Waals surface area contributed by atoms with Crippen LogP contribution in [0.4, 0.5) is 13.2 Å². The third-order valence-electron chi connectivity index (χ3n) is 4.29. The summed E-state index contributed by atoms with van der Waals surface area (Å²) in [6, 6.07) is 7.26. The molecule has 7 nitrogen and oxygen atoms in total. The molecule has 0 atom stereocenters. The number of primary amides is 1. The Balaban J connectivity index is 2.12. The molecule has 0 saturated carbocycles. The van der Waals surface area contributed by atoms with Crippen LogP contribution in [0.25, 0.3) is 10.9 Å². The van der Waals surface area contributed by atoms with Crippen LogP contribution in [0.1, 0.15) is 42.5 Å². The monoisotopic (exact) mass is 404 g/mol. The first-order valence-corrected chi connectivity index (χ1v) is 8.35. The van der Waals surface area contributed by atoms with E-state index >= 15 is 0 Å².